The number of nitrogens with one attached hydrogen (secondary N) is 1. The number of hydrogen-bond acceptors (Lipinski definition) is 4. The summed E-state index contributed by atoms with van der Waals surface area (Å²) in [5.74, 6) is -2.74. The highest BCUT2D eigenvalue weighted by molar-refractivity contribution is 7.99. The summed E-state index contributed by atoms with van der Waals surface area (Å²) in [5, 5.41) is 8.90. The van der Waals surface area contributed by atoms with Crippen molar-refractivity contribution in [3.63, 3.8) is 0 Å². The normalized spacial score (nSPS) is 13.5. The molecular weight excluding hydrogens is 296 g/mol. The van der Waals surface area contributed by atoms with Gasteiger partial charge in [-0.15, -0.1) is 0 Å². The second-order valence-corrected chi connectivity index (χ2v) is 6.96. The molecule has 1 unspecified atom stereocenters. The summed E-state index contributed by atoms with van der Waals surface area (Å²) in [6, 6.07) is 1.68. The monoisotopic (exact) mass is 311 g/mol. The minimum atomic E-state index is -4.14. The van der Waals surface area contributed by atoms with E-state index in [9.17, 15) is 17.2 Å². The van der Waals surface area contributed by atoms with E-state index in [2.05, 4.69) is 4.72 Å². The van der Waals surface area contributed by atoms with Crippen molar-refractivity contribution in [3.8, 4) is 0 Å². The van der Waals surface area contributed by atoms with Gasteiger partial charge in [0.1, 0.15) is 4.90 Å². The number of rotatable bonds is 6. The van der Waals surface area contributed by atoms with Crippen molar-refractivity contribution in [2.45, 2.75) is 23.7 Å². The van der Waals surface area contributed by atoms with Crippen LogP contribution < -0.4 is 4.72 Å². The standard InChI is InChI=1S/C11H15F2NO3S2/c1-7(18-2)5-14-19(16,17)10-4-8(6-15)3-9(12)11(10)13/h3-4,7,14-15H,5-6H2,1-2H3. The largest absolute Gasteiger partial charge is 0.392 e. The van der Waals surface area contributed by atoms with E-state index in [1.54, 1.807) is 6.92 Å². The van der Waals surface area contributed by atoms with E-state index >= 15 is 0 Å². The van der Waals surface area contributed by atoms with Crippen molar-refractivity contribution in [1.82, 2.24) is 4.72 Å². The summed E-state index contributed by atoms with van der Waals surface area (Å²) in [6.07, 6.45) is 1.81. The molecule has 0 saturated carbocycles. The van der Waals surface area contributed by atoms with Crippen molar-refractivity contribution < 1.29 is 22.3 Å². The highest BCUT2D eigenvalue weighted by Crippen LogP contribution is 2.20. The summed E-state index contributed by atoms with van der Waals surface area (Å²) in [5.41, 5.74) is -0.00260. The summed E-state index contributed by atoms with van der Waals surface area (Å²) in [6.45, 7) is 1.34. The van der Waals surface area contributed by atoms with Gasteiger partial charge in [0.25, 0.3) is 0 Å². The van der Waals surface area contributed by atoms with E-state index < -0.39 is 33.2 Å². The molecule has 1 aromatic rings. The smallest absolute Gasteiger partial charge is 0.243 e. The van der Waals surface area contributed by atoms with Gasteiger partial charge < -0.3 is 5.11 Å². The van der Waals surface area contributed by atoms with Gasteiger partial charge in [0, 0.05) is 11.8 Å². The van der Waals surface area contributed by atoms with Crippen LogP contribution in [0.3, 0.4) is 0 Å². The van der Waals surface area contributed by atoms with E-state index in [-0.39, 0.29) is 17.4 Å². The molecular formula is C11H15F2NO3S2. The SMILES string of the molecule is CSC(C)CNS(=O)(=O)c1cc(CO)cc(F)c1F. The second kappa shape index (κ2) is 6.65. The molecule has 0 spiro atoms. The van der Waals surface area contributed by atoms with Crippen LogP contribution in [0.5, 0.6) is 0 Å². The fraction of sp³-hybridized carbons (Fsp3) is 0.455. The maximum absolute atomic E-state index is 13.5. The van der Waals surface area contributed by atoms with Crippen LogP contribution in [0.4, 0.5) is 8.78 Å². The number of halogens is 2. The van der Waals surface area contributed by atoms with Gasteiger partial charge in [-0.2, -0.15) is 11.8 Å². The van der Waals surface area contributed by atoms with Crippen LogP contribution >= 0.6 is 11.8 Å². The van der Waals surface area contributed by atoms with Crippen molar-refractivity contribution in [1.29, 1.82) is 0 Å². The van der Waals surface area contributed by atoms with Crippen molar-refractivity contribution in [3.05, 3.63) is 29.3 Å². The molecule has 1 aromatic carbocycles. The number of sulfonamides is 1. The van der Waals surface area contributed by atoms with E-state index in [1.807, 2.05) is 6.26 Å². The molecule has 0 aliphatic carbocycles. The molecule has 2 N–H and O–H groups in total. The summed E-state index contributed by atoms with van der Waals surface area (Å²) in [7, 11) is -4.14. The van der Waals surface area contributed by atoms with Gasteiger partial charge >= 0.3 is 0 Å². The average molecular weight is 311 g/mol. The number of aliphatic hydroxyl groups excluding tert-OH is 1. The lowest BCUT2D eigenvalue weighted by Crippen LogP contribution is -2.30. The minimum Gasteiger partial charge on any atom is -0.392 e. The molecule has 1 rings (SSSR count). The molecule has 0 aromatic heterocycles. The van der Waals surface area contributed by atoms with Crippen LogP contribution in [0.1, 0.15) is 12.5 Å². The molecule has 0 aliphatic rings. The molecule has 0 radical (unpaired) electrons. The highest BCUT2D eigenvalue weighted by atomic mass is 32.2. The fourth-order valence-electron chi connectivity index (χ4n) is 1.29. The Labute approximate surface area is 115 Å². The minimum absolute atomic E-state index is 0.00260. The van der Waals surface area contributed by atoms with Gasteiger partial charge in [0.05, 0.1) is 6.61 Å². The van der Waals surface area contributed by atoms with Crippen LogP contribution in [0.15, 0.2) is 17.0 Å². The second-order valence-electron chi connectivity index (χ2n) is 3.95. The summed E-state index contributed by atoms with van der Waals surface area (Å²) < 4.78 is 52.8. The Balaban J connectivity index is 3.10. The Kier molecular flexibility index (Phi) is 5.72. The lowest BCUT2D eigenvalue weighted by Gasteiger charge is -2.12. The zero-order valence-electron chi connectivity index (χ0n) is 10.5. The van der Waals surface area contributed by atoms with Crippen LogP contribution in [0.2, 0.25) is 0 Å². The molecule has 4 nitrogen and oxygen atoms in total. The predicted octanol–water partition coefficient (Wildman–Crippen LogP) is 1.49. The number of benzene rings is 1. The number of aliphatic hydroxyl groups is 1. The molecule has 8 heteroatoms. The first kappa shape index (κ1) is 16.4. The van der Waals surface area contributed by atoms with E-state index in [4.69, 9.17) is 5.11 Å². The predicted molar refractivity (Wildman–Crippen MR) is 70.4 cm³/mol. The first-order chi connectivity index (χ1) is 8.81. The quantitative estimate of drug-likeness (QED) is 0.835. The average Bonchev–Trinajstić information content (AvgIpc) is 2.38. The maximum atomic E-state index is 13.5. The zero-order chi connectivity index (χ0) is 14.6. The molecule has 0 fully saturated rings. The van der Waals surface area contributed by atoms with Crippen LogP contribution in [-0.4, -0.2) is 31.6 Å². The third-order valence-electron chi connectivity index (χ3n) is 2.49. The molecule has 19 heavy (non-hydrogen) atoms. The summed E-state index contributed by atoms with van der Waals surface area (Å²) in [4.78, 5) is -0.787. The zero-order valence-corrected chi connectivity index (χ0v) is 12.1. The van der Waals surface area contributed by atoms with Gasteiger partial charge in [0.2, 0.25) is 10.0 Å². The van der Waals surface area contributed by atoms with Crippen molar-refractivity contribution in [2.75, 3.05) is 12.8 Å². The Hall–Kier alpha value is -0.700. The maximum Gasteiger partial charge on any atom is 0.243 e. The van der Waals surface area contributed by atoms with Gasteiger partial charge in [0.15, 0.2) is 11.6 Å². The third-order valence-corrected chi connectivity index (χ3v) is 4.88. The van der Waals surface area contributed by atoms with E-state index in [0.29, 0.717) is 0 Å². The summed E-state index contributed by atoms with van der Waals surface area (Å²) >= 11 is 1.44. The van der Waals surface area contributed by atoms with Crippen LogP contribution in [0, 0.1) is 11.6 Å². The highest BCUT2D eigenvalue weighted by Gasteiger charge is 2.23. The Morgan fingerprint density at radius 2 is 2.05 bits per heavy atom. The first-order valence-electron chi connectivity index (χ1n) is 5.43. The first-order valence-corrected chi connectivity index (χ1v) is 8.20. The Morgan fingerprint density at radius 1 is 1.42 bits per heavy atom. The lowest BCUT2D eigenvalue weighted by atomic mass is 10.2. The molecule has 1 atom stereocenters. The molecule has 0 heterocycles. The van der Waals surface area contributed by atoms with Gasteiger partial charge in [-0.05, 0) is 24.0 Å². The molecule has 108 valence electrons. The van der Waals surface area contributed by atoms with Gasteiger partial charge in [-0.1, -0.05) is 6.92 Å². The number of thioether (sulfide) groups is 1. The fourth-order valence-corrected chi connectivity index (χ4v) is 2.91. The third kappa shape index (κ3) is 4.13. The lowest BCUT2D eigenvalue weighted by molar-refractivity contribution is 0.280. The van der Waals surface area contributed by atoms with Crippen molar-refractivity contribution >= 4 is 21.8 Å². The molecule has 0 saturated heterocycles. The molecule has 0 amide bonds. The van der Waals surface area contributed by atoms with Crippen molar-refractivity contribution in [2.24, 2.45) is 0 Å². The van der Waals surface area contributed by atoms with Gasteiger partial charge in [-0.3, -0.25) is 0 Å². The topological polar surface area (TPSA) is 66.4 Å². The Morgan fingerprint density at radius 3 is 2.58 bits per heavy atom. The van der Waals surface area contributed by atoms with E-state index in [0.717, 1.165) is 12.1 Å². The molecule has 0 aliphatic heterocycles. The van der Waals surface area contributed by atoms with E-state index in [1.165, 1.54) is 11.8 Å². The van der Waals surface area contributed by atoms with Gasteiger partial charge in [-0.25, -0.2) is 21.9 Å². The Bertz CT molecular complexity index is 549. The van der Waals surface area contributed by atoms with Crippen LogP contribution in [0.25, 0.3) is 0 Å². The number of hydrogen-bond donors (Lipinski definition) is 2. The molecule has 0 bridgehead atoms. The van der Waals surface area contributed by atoms with Crippen LogP contribution in [-0.2, 0) is 16.6 Å².